The number of fused-ring (bicyclic) bond motifs is 5. The van der Waals surface area contributed by atoms with Crippen molar-refractivity contribution >= 4 is 38.0 Å². The van der Waals surface area contributed by atoms with Crippen LogP contribution in [0.25, 0.3) is 22.1 Å². The highest BCUT2D eigenvalue weighted by Gasteiger charge is 2.41. The quantitative estimate of drug-likeness (QED) is 0.729. The minimum atomic E-state index is -0.205. The van der Waals surface area contributed by atoms with E-state index in [9.17, 15) is 4.79 Å². The first-order chi connectivity index (χ1) is 11.6. The molecule has 2 atom stereocenters. The molecule has 5 rings (SSSR count). The highest BCUT2D eigenvalue weighted by Crippen LogP contribution is 2.31. The van der Waals surface area contributed by atoms with Gasteiger partial charge in [0.1, 0.15) is 16.9 Å². The number of furan rings is 1. The molecule has 0 saturated carbocycles. The SMILES string of the molecule is CN1C[C@H]2C[C@@H]1CN2Cc1nc2c(oc3ccc(Br)cc32)c(=O)[nH]1. The first-order valence-electron chi connectivity index (χ1n) is 8.14. The van der Waals surface area contributed by atoms with E-state index in [4.69, 9.17) is 9.40 Å². The predicted molar refractivity (Wildman–Crippen MR) is 95.1 cm³/mol. The van der Waals surface area contributed by atoms with E-state index < -0.39 is 0 Å². The number of nitrogens with one attached hydrogen (secondary N) is 1. The van der Waals surface area contributed by atoms with Crippen molar-refractivity contribution in [3.63, 3.8) is 0 Å². The second-order valence-corrected chi connectivity index (χ2v) is 7.76. The Morgan fingerprint density at radius 2 is 2.25 bits per heavy atom. The van der Waals surface area contributed by atoms with Crippen molar-refractivity contribution in [3.05, 3.63) is 38.9 Å². The molecule has 7 heteroatoms. The molecule has 4 heterocycles. The summed E-state index contributed by atoms with van der Waals surface area (Å²) in [6.07, 6.45) is 1.21. The van der Waals surface area contributed by atoms with Gasteiger partial charge in [0.2, 0.25) is 5.58 Å². The van der Waals surface area contributed by atoms with Gasteiger partial charge in [-0.25, -0.2) is 4.98 Å². The van der Waals surface area contributed by atoms with E-state index in [1.807, 2.05) is 18.2 Å². The molecule has 6 nitrogen and oxygen atoms in total. The van der Waals surface area contributed by atoms with E-state index in [0.29, 0.717) is 41.1 Å². The predicted octanol–water partition coefficient (Wildman–Crippen LogP) is 2.32. The summed E-state index contributed by atoms with van der Waals surface area (Å²) in [7, 11) is 2.18. The van der Waals surface area contributed by atoms with E-state index in [0.717, 1.165) is 22.9 Å². The molecule has 0 aliphatic carbocycles. The van der Waals surface area contributed by atoms with Crippen molar-refractivity contribution in [2.24, 2.45) is 0 Å². The van der Waals surface area contributed by atoms with Gasteiger partial charge in [-0.2, -0.15) is 0 Å². The summed E-state index contributed by atoms with van der Waals surface area (Å²) >= 11 is 3.47. The van der Waals surface area contributed by atoms with Crippen LogP contribution in [0, 0.1) is 0 Å². The summed E-state index contributed by atoms with van der Waals surface area (Å²) in [6.45, 7) is 2.82. The molecule has 0 spiro atoms. The number of halogens is 1. The fraction of sp³-hybridized carbons (Fsp3) is 0.412. The van der Waals surface area contributed by atoms with Gasteiger partial charge in [0.05, 0.1) is 6.54 Å². The summed E-state index contributed by atoms with van der Waals surface area (Å²) in [4.78, 5) is 24.9. The number of benzene rings is 1. The monoisotopic (exact) mass is 388 g/mol. The largest absolute Gasteiger partial charge is 0.449 e. The van der Waals surface area contributed by atoms with Crippen molar-refractivity contribution in [3.8, 4) is 0 Å². The number of nitrogens with zero attached hydrogens (tertiary/aromatic N) is 3. The third-order valence-electron chi connectivity index (χ3n) is 5.32. The summed E-state index contributed by atoms with van der Waals surface area (Å²) in [5, 5.41) is 0.870. The van der Waals surface area contributed by atoms with Crippen LogP contribution in [0.1, 0.15) is 12.2 Å². The molecule has 2 aliphatic rings. The zero-order chi connectivity index (χ0) is 16.4. The molecule has 2 saturated heterocycles. The molecule has 2 fully saturated rings. The number of hydrogen-bond acceptors (Lipinski definition) is 5. The van der Waals surface area contributed by atoms with Gasteiger partial charge in [-0.05, 0) is 31.7 Å². The Morgan fingerprint density at radius 3 is 3.00 bits per heavy atom. The van der Waals surface area contributed by atoms with Crippen LogP contribution in [0.3, 0.4) is 0 Å². The van der Waals surface area contributed by atoms with E-state index >= 15 is 0 Å². The van der Waals surface area contributed by atoms with Crippen molar-refractivity contribution in [2.45, 2.75) is 25.0 Å². The number of rotatable bonds is 2. The van der Waals surface area contributed by atoms with Crippen LogP contribution >= 0.6 is 15.9 Å². The van der Waals surface area contributed by atoms with Gasteiger partial charge in [-0.3, -0.25) is 9.69 Å². The number of aromatic nitrogens is 2. The minimum absolute atomic E-state index is 0.205. The second-order valence-electron chi connectivity index (χ2n) is 6.85. The molecule has 0 amide bonds. The van der Waals surface area contributed by atoms with Gasteiger partial charge < -0.3 is 14.3 Å². The van der Waals surface area contributed by atoms with Crippen LogP contribution in [0.2, 0.25) is 0 Å². The molecule has 3 aromatic rings. The van der Waals surface area contributed by atoms with Gasteiger partial charge in [0, 0.05) is 35.0 Å². The lowest BCUT2D eigenvalue weighted by atomic mass is 10.2. The van der Waals surface area contributed by atoms with E-state index in [2.05, 4.69) is 37.8 Å². The van der Waals surface area contributed by atoms with Crippen molar-refractivity contribution in [1.82, 2.24) is 19.8 Å². The molecule has 24 heavy (non-hydrogen) atoms. The standard InChI is InChI=1S/C17H17BrN4O2/c1-21-6-11-5-10(21)7-22(11)8-14-19-15-12-4-9(18)2-3-13(12)24-16(15)17(23)20-14/h2-4,10-11H,5-8H2,1H3,(H,19,20,23)/t10-,11-/m1/s1. The summed E-state index contributed by atoms with van der Waals surface area (Å²) in [5.41, 5.74) is 1.43. The van der Waals surface area contributed by atoms with Crippen LogP contribution in [-0.4, -0.2) is 52.0 Å². The summed E-state index contributed by atoms with van der Waals surface area (Å²) < 4.78 is 6.62. The van der Waals surface area contributed by atoms with Crippen molar-refractivity contribution in [1.29, 1.82) is 0 Å². The Morgan fingerprint density at radius 1 is 1.38 bits per heavy atom. The van der Waals surface area contributed by atoms with E-state index in [1.54, 1.807) is 0 Å². The van der Waals surface area contributed by atoms with Gasteiger partial charge in [0.15, 0.2) is 0 Å². The highest BCUT2D eigenvalue weighted by molar-refractivity contribution is 9.10. The van der Waals surface area contributed by atoms with Crippen LogP contribution in [0.15, 0.2) is 31.9 Å². The number of aromatic amines is 1. The van der Waals surface area contributed by atoms with Crippen molar-refractivity contribution < 1.29 is 4.42 Å². The number of piperazine rings is 1. The molecule has 2 aromatic heterocycles. The van der Waals surface area contributed by atoms with Crippen molar-refractivity contribution in [2.75, 3.05) is 20.1 Å². The molecule has 1 aromatic carbocycles. The van der Waals surface area contributed by atoms with Crippen LogP contribution in [-0.2, 0) is 6.54 Å². The van der Waals surface area contributed by atoms with Crippen LogP contribution in [0.5, 0.6) is 0 Å². The van der Waals surface area contributed by atoms with Gasteiger partial charge in [0.25, 0.3) is 5.56 Å². The smallest absolute Gasteiger partial charge is 0.294 e. The lowest BCUT2D eigenvalue weighted by Crippen LogP contribution is -2.44. The molecule has 1 N–H and O–H groups in total. The first-order valence-corrected chi connectivity index (χ1v) is 8.93. The Labute approximate surface area is 146 Å². The number of likely N-dealkylation sites (N-methyl/N-ethyl adjacent to an activating group) is 1. The number of H-pyrrole nitrogens is 1. The molecule has 0 unspecified atom stereocenters. The summed E-state index contributed by atoms with van der Waals surface area (Å²) in [6, 6.07) is 6.91. The third kappa shape index (κ3) is 2.15. The maximum atomic E-state index is 12.4. The Hall–Kier alpha value is -1.70. The van der Waals surface area contributed by atoms with Crippen LogP contribution < -0.4 is 5.56 Å². The fourth-order valence-electron chi connectivity index (χ4n) is 4.08. The minimum Gasteiger partial charge on any atom is -0.449 e. The van der Waals surface area contributed by atoms with Crippen LogP contribution in [0.4, 0.5) is 0 Å². The van der Waals surface area contributed by atoms with E-state index in [1.165, 1.54) is 6.42 Å². The average molecular weight is 389 g/mol. The zero-order valence-electron chi connectivity index (χ0n) is 13.3. The molecule has 2 aliphatic heterocycles. The molecule has 0 radical (unpaired) electrons. The maximum absolute atomic E-state index is 12.4. The molecule has 124 valence electrons. The normalized spacial score (nSPS) is 24.6. The summed E-state index contributed by atoms with van der Waals surface area (Å²) in [5.74, 6) is 0.713. The average Bonchev–Trinajstić information content (AvgIpc) is 3.20. The van der Waals surface area contributed by atoms with Gasteiger partial charge in [-0.1, -0.05) is 15.9 Å². The Balaban J connectivity index is 1.56. The molecule has 2 bridgehead atoms. The Bertz CT molecular complexity index is 1010. The zero-order valence-corrected chi connectivity index (χ0v) is 14.8. The maximum Gasteiger partial charge on any atom is 0.294 e. The van der Waals surface area contributed by atoms with Gasteiger partial charge >= 0.3 is 0 Å². The fourth-order valence-corrected chi connectivity index (χ4v) is 4.44. The van der Waals surface area contributed by atoms with Gasteiger partial charge in [-0.15, -0.1) is 0 Å². The molecular weight excluding hydrogens is 372 g/mol. The molecular formula is C17H17BrN4O2. The third-order valence-corrected chi connectivity index (χ3v) is 5.81. The second kappa shape index (κ2) is 5.15. The van der Waals surface area contributed by atoms with E-state index in [-0.39, 0.29) is 5.56 Å². The lowest BCUT2D eigenvalue weighted by molar-refractivity contribution is 0.141. The lowest BCUT2D eigenvalue weighted by Gasteiger charge is -2.31. The topological polar surface area (TPSA) is 65.4 Å². The first kappa shape index (κ1) is 14.6. The highest BCUT2D eigenvalue weighted by atomic mass is 79.9. The number of likely N-dealkylation sites (tertiary alicyclic amines) is 2. The number of hydrogen-bond donors (Lipinski definition) is 1. The Kier molecular flexibility index (Phi) is 3.14.